The molecule has 0 saturated heterocycles. The standard InChI is InChI=1S/C13H13BrIN/c14-11-6-4-5-10(12(11)15)13(9-16)7-2-1-3-8-13/h4-6H,1-3,7-8H2. The molecule has 0 aliphatic heterocycles. The van der Waals surface area contributed by atoms with Crippen LogP contribution in [0.25, 0.3) is 0 Å². The molecule has 0 unspecified atom stereocenters. The van der Waals surface area contributed by atoms with E-state index in [2.05, 4.69) is 50.7 Å². The monoisotopic (exact) mass is 389 g/mol. The molecular weight excluding hydrogens is 377 g/mol. The van der Waals surface area contributed by atoms with Crippen LogP contribution in [0.3, 0.4) is 0 Å². The Morgan fingerprint density at radius 3 is 2.56 bits per heavy atom. The number of rotatable bonds is 1. The average Bonchev–Trinajstić information content (AvgIpc) is 2.33. The summed E-state index contributed by atoms with van der Waals surface area (Å²) in [5, 5.41) is 9.54. The highest BCUT2D eigenvalue weighted by molar-refractivity contribution is 14.1. The first-order valence-electron chi connectivity index (χ1n) is 5.55. The van der Waals surface area contributed by atoms with Crippen LogP contribution in [-0.4, -0.2) is 0 Å². The van der Waals surface area contributed by atoms with Crippen LogP contribution >= 0.6 is 38.5 Å². The minimum Gasteiger partial charge on any atom is -0.197 e. The van der Waals surface area contributed by atoms with Crippen molar-refractivity contribution in [3.8, 4) is 6.07 Å². The molecule has 2 rings (SSSR count). The van der Waals surface area contributed by atoms with Crippen molar-refractivity contribution < 1.29 is 0 Å². The molecule has 1 aromatic rings. The van der Waals surface area contributed by atoms with Crippen LogP contribution in [0.1, 0.15) is 37.7 Å². The second-order valence-corrected chi connectivity index (χ2v) is 6.29. The van der Waals surface area contributed by atoms with E-state index in [9.17, 15) is 5.26 Å². The molecule has 0 atom stereocenters. The van der Waals surface area contributed by atoms with E-state index in [1.54, 1.807) is 0 Å². The van der Waals surface area contributed by atoms with Crippen molar-refractivity contribution in [2.45, 2.75) is 37.5 Å². The van der Waals surface area contributed by atoms with Crippen LogP contribution < -0.4 is 0 Å². The molecule has 16 heavy (non-hydrogen) atoms. The van der Waals surface area contributed by atoms with E-state index < -0.39 is 0 Å². The lowest BCUT2D eigenvalue weighted by Crippen LogP contribution is -2.28. The Kier molecular flexibility index (Phi) is 3.91. The second kappa shape index (κ2) is 5.05. The molecule has 84 valence electrons. The Labute approximate surface area is 119 Å². The van der Waals surface area contributed by atoms with Crippen molar-refractivity contribution in [2.75, 3.05) is 0 Å². The predicted octanol–water partition coefficient (Wildman–Crippen LogP) is 4.78. The van der Waals surface area contributed by atoms with E-state index >= 15 is 0 Å². The van der Waals surface area contributed by atoms with Gasteiger partial charge in [-0.05, 0) is 63.0 Å². The molecule has 1 nitrogen and oxygen atoms in total. The number of hydrogen-bond acceptors (Lipinski definition) is 1. The topological polar surface area (TPSA) is 23.8 Å². The fourth-order valence-corrected chi connectivity index (χ4v) is 3.71. The van der Waals surface area contributed by atoms with Crippen molar-refractivity contribution in [3.05, 3.63) is 31.8 Å². The highest BCUT2D eigenvalue weighted by Gasteiger charge is 2.35. The van der Waals surface area contributed by atoms with Crippen LogP contribution in [-0.2, 0) is 5.41 Å². The Morgan fingerprint density at radius 1 is 1.25 bits per heavy atom. The Hall–Kier alpha value is -0.0800. The summed E-state index contributed by atoms with van der Waals surface area (Å²) in [4.78, 5) is 0. The molecule has 1 saturated carbocycles. The maximum Gasteiger partial charge on any atom is 0.0833 e. The normalized spacial score (nSPS) is 19.1. The van der Waals surface area contributed by atoms with Gasteiger partial charge in [0.25, 0.3) is 0 Å². The maximum atomic E-state index is 9.54. The molecule has 0 radical (unpaired) electrons. The first-order valence-corrected chi connectivity index (χ1v) is 7.42. The van der Waals surface area contributed by atoms with Crippen LogP contribution in [0, 0.1) is 14.9 Å². The molecule has 0 bridgehead atoms. The van der Waals surface area contributed by atoms with Gasteiger partial charge in [0.15, 0.2) is 0 Å². The first kappa shape index (κ1) is 12.4. The van der Waals surface area contributed by atoms with Gasteiger partial charge in [0, 0.05) is 8.04 Å². The highest BCUT2D eigenvalue weighted by atomic mass is 127. The summed E-state index contributed by atoms with van der Waals surface area (Å²) in [6.45, 7) is 0. The number of benzene rings is 1. The molecule has 0 aromatic heterocycles. The Bertz CT molecular complexity index is 430. The zero-order valence-corrected chi connectivity index (χ0v) is 12.7. The first-order chi connectivity index (χ1) is 7.69. The van der Waals surface area contributed by atoms with Gasteiger partial charge in [0.05, 0.1) is 11.5 Å². The smallest absolute Gasteiger partial charge is 0.0833 e. The molecule has 0 spiro atoms. The summed E-state index contributed by atoms with van der Waals surface area (Å²) in [7, 11) is 0. The van der Waals surface area contributed by atoms with Gasteiger partial charge in [-0.15, -0.1) is 0 Å². The molecular formula is C13H13BrIN. The number of nitriles is 1. The summed E-state index contributed by atoms with van der Waals surface area (Å²) in [6.07, 6.45) is 5.65. The number of hydrogen-bond donors (Lipinski definition) is 0. The van der Waals surface area contributed by atoms with Gasteiger partial charge < -0.3 is 0 Å². The Morgan fingerprint density at radius 2 is 1.94 bits per heavy atom. The Balaban J connectivity index is 2.48. The molecule has 1 fully saturated rings. The van der Waals surface area contributed by atoms with Gasteiger partial charge >= 0.3 is 0 Å². The third-order valence-electron chi connectivity index (χ3n) is 3.39. The van der Waals surface area contributed by atoms with Crippen molar-refractivity contribution in [2.24, 2.45) is 0 Å². The third-order valence-corrected chi connectivity index (χ3v) is 5.95. The van der Waals surface area contributed by atoms with Crippen LogP contribution in [0.5, 0.6) is 0 Å². The van der Waals surface area contributed by atoms with E-state index in [0.29, 0.717) is 0 Å². The highest BCUT2D eigenvalue weighted by Crippen LogP contribution is 2.42. The largest absolute Gasteiger partial charge is 0.197 e. The fraction of sp³-hybridized carbons (Fsp3) is 0.462. The van der Waals surface area contributed by atoms with Crippen LogP contribution in [0.15, 0.2) is 22.7 Å². The fourth-order valence-electron chi connectivity index (χ4n) is 2.47. The number of nitrogens with zero attached hydrogens (tertiary/aromatic N) is 1. The molecule has 1 aliphatic carbocycles. The quantitative estimate of drug-likeness (QED) is 0.634. The van der Waals surface area contributed by atoms with Gasteiger partial charge in [-0.25, -0.2) is 0 Å². The molecule has 0 heterocycles. The second-order valence-electron chi connectivity index (χ2n) is 4.36. The van der Waals surface area contributed by atoms with Gasteiger partial charge in [0.2, 0.25) is 0 Å². The van der Waals surface area contributed by atoms with Gasteiger partial charge in [0.1, 0.15) is 0 Å². The van der Waals surface area contributed by atoms with E-state index in [-0.39, 0.29) is 5.41 Å². The van der Waals surface area contributed by atoms with Crippen molar-refractivity contribution >= 4 is 38.5 Å². The zero-order chi connectivity index (χ0) is 11.6. The van der Waals surface area contributed by atoms with E-state index in [4.69, 9.17) is 0 Å². The summed E-state index contributed by atoms with van der Waals surface area (Å²) in [6, 6.07) is 8.77. The molecule has 1 aromatic carbocycles. The lowest BCUT2D eigenvalue weighted by Gasteiger charge is -2.32. The molecule has 1 aliphatic rings. The summed E-state index contributed by atoms with van der Waals surface area (Å²) in [5.74, 6) is 0. The minimum absolute atomic E-state index is 0.238. The molecule has 3 heteroatoms. The maximum absolute atomic E-state index is 9.54. The van der Waals surface area contributed by atoms with Crippen LogP contribution in [0.2, 0.25) is 0 Å². The third kappa shape index (κ3) is 2.14. The van der Waals surface area contributed by atoms with Crippen molar-refractivity contribution in [1.29, 1.82) is 5.26 Å². The summed E-state index contributed by atoms with van der Waals surface area (Å²) >= 11 is 5.89. The van der Waals surface area contributed by atoms with Crippen LogP contribution in [0.4, 0.5) is 0 Å². The minimum atomic E-state index is -0.238. The van der Waals surface area contributed by atoms with Gasteiger partial charge in [-0.2, -0.15) is 5.26 Å². The van der Waals surface area contributed by atoms with E-state index in [0.717, 1.165) is 17.3 Å². The van der Waals surface area contributed by atoms with E-state index in [1.165, 1.54) is 28.4 Å². The lowest BCUT2D eigenvalue weighted by atomic mass is 9.70. The molecule has 0 amide bonds. The van der Waals surface area contributed by atoms with Gasteiger partial charge in [-0.1, -0.05) is 31.4 Å². The summed E-state index contributed by atoms with van der Waals surface area (Å²) < 4.78 is 2.30. The zero-order valence-electron chi connectivity index (χ0n) is 8.97. The van der Waals surface area contributed by atoms with Crippen molar-refractivity contribution in [1.82, 2.24) is 0 Å². The molecule has 0 N–H and O–H groups in total. The number of halogens is 2. The lowest BCUT2D eigenvalue weighted by molar-refractivity contribution is 0.364. The summed E-state index contributed by atoms with van der Waals surface area (Å²) in [5.41, 5.74) is 0.975. The van der Waals surface area contributed by atoms with Crippen molar-refractivity contribution in [3.63, 3.8) is 0 Å². The predicted molar refractivity (Wildman–Crippen MR) is 77.2 cm³/mol. The van der Waals surface area contributed by atoms with E-state index in [1.807, 2.05) is 12.1 Å². The average molecular weight is 390 g/mol. The van der Waals surface area contributed by atoms with Gasteiger partial charge in [-0.3, -0.25) is 0 Å². The SMILES string of the molecule is N#CC1(c2cccc(Br)c2I)CCCCC1.